The fourth-order valence-corrected chi connectivity index (χ4v) is 1.86. The van der Waals surface area contributed by atoms with Crippen LogP contribution in [0.2, 0.25) is 0 Å². The Morgan fingerprint density at radius 1 is 1.36 bits per heavy atom. The summed E-state index contributed by atoms with van der Waals surface area (Å²) in [6.07, 6.45) is 1.20. The molecule has 0 heterocycles. The van der Waals surface area contributed by atoms with Crippen molar-refractivity contribution < 1.29 is 14.3 Å². The molecule has 0 aliphatic heterocycles. The Balaban J connectivity index is 2.28. The van der Waals surface area contributed by atoms with Gasteiger partial charge in [0.15, 0.2) is 5.56 Å². The molecule has 1 aliphatic rings. The van der Waals surface area contributed by atoms with Crippen LogP contribution in [0.4, 0.5) is 4.79 Å². The molecule has 0 aromatic rings. The lowest BCUT2D eigenvalue weighted by Gasteiger charge is -2.12. The molecule has 14 heavy (non-hydrogen) atoms. The van der Waals surface area contributed by atoms with Crippen LogP contribution in [-0.4, -0.2) is 17.8 Å². The Hall–Kier alpha value is -0.440. The molecule has 0 saturated heterocycles. The topological polar surface area (TPSA) is 35.5 Å². The standard InChI is InChI=1S/C10H17ClO3/c1-6-4-9(5-7(6)2)14-10(12)13-8(3)11/h6-9H,4-5H2,1-3H3. The number of rotatable bonds is 2. The SMILES string of the molecule is CC(Cl)OC(=O)OC1CC(C)C(C)C1. The van der Waals surface area contributed by atoms with E-state index in [1.165, 1.54) is 0 Å². The van der Waals surface area contributed by atoms with E-state index >= 15 is 0 Å². The highest BCUT2D eigenvalue weighted by Gasteiger charge is 2.31. The van der Waals surface area contributed by atoms with Gasteiger partial charge >= 0.3 is 6.16 Å². The number of carbonyl (C=O) groups is 1. The van der Waals surface area contributed by atoms with E-state index in [1.807, 2.05) is 0 Å². The van der Waals surface area contributed by atoms with Gasteiger partial charge in [0, 0.05) is 0 Å². The molecule has 3 nitrogen and oxygen atoms in total. The van der Waals surface area contributed by atoms with Gasteiger partial charge < -0.3 is 9.47 Å². The van der Waals surface area contributed by atoms with E-state index in [1.54, 1.807) is 6.92 Å². The van der Waals surface area contributed by atoms with E-state index in [0.29, 0.717) is 11.8 Å². The molecule has 0 radical (unpaired) electrons. The fourth-order valence-electron chi connectivity index (χ4n) is 1.78. The lowest BCUT2D eigenvalue weighted by atomic mass is 10.0. The molecule has 0 aromatic carbocycles. The van der Waals surface area contributed by atoms with Crippen LogP contribution in [0.1, 0.15) is 33.6 Å². The first-order chi connectivity index (χ1) is 6.49. The van der Waals surface area contributed by atoms with E-state index in [9.17, 15) is 4.79 Å². The average Bonchev–Trinajstić information content (AvgIpc) is 2.28. The van der Waals surface area contributed by atoms with Gasteiger partial charge in [-0.15, -0.1) is 0 Å². The van der Waals surface area contributed by atoms with Gasteiger partial charge in [0.05, 0.1) is 0 Å². The fraction of sp³-hybridized carbons (Fsp3) is 0.900. The molecule has 0 amide bonds. The van der Waals surface area contributed by atoms with Gasteiger partial charge in [-0.2, -0.15) is 0 Å². The molecule has 0 aromatic heterocycles. The first-order valence-corrected chi connectivity index (χ1v) is 5.44. The molecule has 82 valence electrons. The van der Waals surface area contributed by atoms with Gasteiger partial charge in [0.1, 0.15) is 6.10 Å². The van der Waals surface area contributed by atoms with Gasteiger partial charge in [-0.25, -0.2) is 4.79 Å². The molecular formula is C10H17ClO3. The summed E-state index contributed by atoms with van der Waals surface area (Å²) < 4.78 is 9.80. The van der Waals surface area contributed by atoms with Crippen molar-refractivity contribution in [3.63, 3.8) is 0 Å². The third kappa shape index (κ3) is 3.37. The van der Waals surface area contributed by atoms with Crippen molar-refractivity contribution >= 4 is 17.8 Å². The Kier molecular flexibility index (Phi) is 4.05. The van der Waals surface area contributed by atoms with Crippen LogP contribution in [0.3, 0.4) is 0 Å². The maximum atomic E-state index is 11.1. The molecule has 1 saturated carbocycles. The van der Waals surface area contributed by atoms with E-state index in [2.05, 4.69) is 18.6 Å². The molecular weight excluding hydrogens is 204 g/mol. The first kappa shape index (κ1) is 11.6. The van der Waals surface area contributed by atoms with Crippen LogP contribution in [0.5, 0.6) is 0 Å². The molecule has 1 fully saturated rings. The normalized spacial score (nSPS) is 33.9. The number of ether oxygens (including phenoxy) is 2. The number of alkyl halides is 1. The summed E-state index contributed by atoms with van der Waals surface area (Å²) in [6, 6.07) is 0. The number of hydrogen-bond donors (Lipinski definition) is 0. The molecule has 3 atom stereocenters. The smallest absolute Gasteiger partial charge is 0.431 e. The third-order valence-electron chi connectivity index (χ3n) is 2.76. The van der Waals surface area contributed by atoms with Crippen LogP contribution in [-0.2, 0) is 9.47 Å². The second-order valence-corrected chi connectivity index (χ2v) is 4.69. The van der Waals surface area contributed by atoms with Gasteiger partial charge in [-0.3, -0.25) is 0 Å². The Labute approximate surface area is 89.7 Å². The van der Waals surface area contributed by atoms with Gasteiger partial charge in [-0.05, 0) is 31.6 Å². The summed E-state index contributed by atoms with van der Waals surface area (Å²) >= 11 is 5.49. The van der Waals surface area contributed by atoms with Crippen LogP contribution in [0.15, 0.2) is 0 Å². The number of hydrogen-bond acceptors (Lipinski definition) is 3. The Morgan fingerprint density at radius 3 is 2.29 bits per heavy atom. The van der Waals surface area contributed by atoms with Crippen LogP contribution >= 0.6 is 11.6 Å². The van der Waals surface area contributed by atoms with Crippen LogP contribution in [0.25, 0.3) is 0 Å². The molecule has 0 spiro atoms. The zero-order valence-electron chi connectivity index (χ0n) is 8.83. The molecule has 0 N–H and O–H groups in total. The van der Waals surface area contributed by atoms with E-state index in [4.69, 9.17) is 16.3 Å². The van der Waals surface area contributed by atoms with Crippen LogP contribution < -0.4 is 0 Å². The first-order valence-electron chi connectivity index (χ1n) is 5.00. The lowest BCUT2D eigenvalue weighted by Crippen LogP contribution is -2.18. The quantitative estimate of drug-likeness (QED) is 0.530. The molecule has 1 rings (SSSR count). The minimum absolute atomic E-state index is 0.00270. The second-order valence-electron chi connectivity index (χ2n) is 4.08. The van der Waals surface area contributed by atoms with Crippen molar-refractivity contribution in [2.45, 2.75) is 45.3 Å². The van der Waals surface area contributed by atoms with Crippen molar-refractivity contribution in [3.05, 3.63) is 0 Å². The van der Waals surface area contributed by atoms with Crippen molar-refractivity contribution in [1.82, 2.24) is 0 Å². The van der Waals surface area contributed by atoms with Crippen molar-refractivity contribution in [2.24, 2.45) is 11.8 Å². The second kappa shape index (κ2) is 4.87. The summed E-state index contributed by atoms with van der Waals surface area (Å²) in [5.41, 5.74) is -0.626. The van der Waals surface area contributed by atoms with E-state index < -0.39 is 11.7 Å². The van der Waals surface area contributed by atoms with Gasteiger partial charge in [0.25, 0.3) is 0 Å². The molecule has 0 bridgehead atoms. The number of halogens is 1. The summed E-state index contributed by atoms with van der Waals surface area (Å²) in [7, 11) is 0. The maximum absolute atomic E-state index is 11.1. The predicted octanol–water partition coefficient (Wildman–Crippen LogP) is 3.16. The maximum Gasteiger partial charge on any atom is 0.510 e. The summed E-state index contributed by atoms with van der Waals surface area (Å²) in [6.45, 7) is 5.93. The zero-order chi connectivity index (χ0) is 10.7. The van der Waals surface area contributed by atoms with Crippen molar-refractivity contribution in [1.29, 1.82) is 0 Å². The zero-order valence-corrected chi connectivity index (χ0v) is 9.58. The molecule has 4 heteroatoms. The Morgan fingerprint density at radius 2 is 1.86 bits per heavy atom. The minimum Gasteiger partial charge on any atom is -0.431 e. The number of carbonyl (C=O) groups excluding carboxylic acids is 1. The predicted molar refractivity (Wildman–Crippen MR) is 54.2 cm³/mol. The average molecular weight is 221 g/mol. The monoisotopic (exact) mass is 220 g/mol. The van der Waals surface area contributed by atoms with E-state index in [-0.39, 0.29) is 6.10 Å². The lowest BCUT2D eigenvalue weighted by molar-refractivity contribution is 0.0196. The highest BCUT2D eigenvalue weighted by atomic mass is 35.5. The third-order valence-corrected chi connectivity index (χ3v) is 2.85. The summed E-state index contributed by atoms with van der Waals surface area (Å²) in [5, 5.41) is 0. The van der Waals surface area contributed by atoms with E-state index in [0.717, 1.165) is 12.8 Å². The van der Waals surface area contributed by atoms with Gasteiger partial charge in [0.2, 0.25) is 0 Å². The molecule has 3 unspecified atom stereocenters. The molecule has 1 aliphatic carbocycles. The summed E-state index contributed by atoms with van der Waals surface area (Å²) in [5.74, 6) is 1.22. The van der Waals surface area contributed by atoms with Crippen molar-refractivity contribution in [2.75, 3.05) is 0 Å². The summed E-state index contributed by atoms with van der Waals surface area (Å²) in [4.78, 5) is 11.1. The Bertz CT molecular complexity index is 196. The highest BCUT2D eigenvalue weighted by molar-refractivity contribution is 6.19. The van der Waals surface area contributed by atoms with Crippen LogP contribution in [0, 0.1) is 11.8 Å². The highest BCUT2D eigenvalue weighted by Crippen LogP contribution is 2.33. The van der Waals surface area contributed by atoms with Gasteiger partial charge in [-0.1, -0.05) is 25.4 Å². The largest absolute Gasteiger partial charge is 0.510 e. The minimum atomic E-state index is -0.654. The van der Waals surface area contributed by atoms with Crippen molar-refractivity contribution in [3.8, 4) is 0 Å².